The van der Waals surface area contributed by atoms with Crippen LogP contribution in [-0.2, 0) is 9.53 Å². The zero-order valence-corrected chi connectivity index (χ0v) is 23.3. The zero-order valence-electron chi connectivity index (χ0n) is 23.3. The lowest BCUT2D eigenvalue weighted by Gasteiger charge is -2.26. The van der Waals surface area contributed by atoms with Crippen molar-refractivity contribution in [1.82, 2.24) is 0 Å². The molecule has 7 heteroatoms. The number of allylic oxidation sites excluding steroid dienone is 1. The summed E-state index contributed by atoms with van der Waals surface area (Å²) in [6, 6.07) is 22.3. The van der Waals surface area contributed by atoms with Crippen molar-refractivity contribution in [3.05, 3.63) is 117 Å². The average Bonchev–Trinajstić information content (AvgIpc) is 3.60. The minimum atomic E-state index is -0.723. The maximum absolute atomic E-state index is 13.4. The largest absolute Gasteiger partial charge is 0.504 e. The summed E-state index contributed by atoms with van der Waals surface area (Å²) >= 11 is 0. The van der Waals surface area contributed by atoms with Gasteiger partial charge in [-0.25, -0.2) is 4.79 Å². The number of rotatable bonds is 7. The summed E-state index contributed by atoms with van der Waals surface area (Å²) in [5, 5.41) is 13.5. The van der Waals surface area contributed by atoms with Crippen LogP contribution in [0.5, 0.6) is 11.5 Å². The molecule has 7 nitrogen and oxygen atoms in total. The van der Waals surface area contributed by atoms with Crippen LogP contribution in [-0.4, -0.2) is 31.1 Å². The molecule has 5 aromatic rings. The fourth-order valence-corrected chi connectivity index (χ4v) is 5.57. The van der Waals surface area contributed by atoms with E-state index in [1.807, 2.05) is 49.4 Å². The third-order valence-corrected chi connectivity index (χ3v) is 7.49. The van der Waals surface area contributed by atoms with Gasteiger partial charge in [0.05, 0.1) is 30.8 Å². The van der Waals surface area contributed by atoms with E-state index in [1.54, 1.807) is 56.5 Å². The summed E-state index contributed by atoms with van der Waals surface area (Å²) in [6.45, 7) is 3.80. The summed E-state index contributed by atoms with van der Waals surface area (Å²) in [5.41, 5.74) is 4.24. The Hall–Kier alpha value is -5.30. The average molecular weight is 561 g/mol. The Morgan fingerprint density at radius 1 is 0.976 bits per heavy atom. The van der Waals surface area contributed by atoms with Crippen LogP contribution in [0, 0.1) is 0 Å². The van der Waals surface area contributed by atoms with E-state index in [0.717, 1.165) is 28.2 Å². The van der Waals surface area contributed by atoms with Crippen molar-refractivity contribution in [1.29, 1.82) is 0 Å². The first kappa shape index (κ1) is 26.9. The van der Waals surface area contributed by atoms with Crippen molar-refractivity contribution in [2.75, 3.05) is 13.7 Å². The quantitative estimate of drug-likeness (QED) is 0.197. The molecule has 1 aliphatic carbocycles. The second kappa shape index (κ2) is 10.9. The van der Waals surface area contributed by atoms with Crippen LogP contribution in [0.1, 0.15) is 47.0 Å². The Kier molecular flexibility index (Phi) is 7.00. The lowest BCUT2D eigenvalue weighted by atomic mass is 9.78. The van der Waals surface area contributed by atoms with Crippen LogP contribution >= 0.6 is 0 Å². The SMILES string of the molecule is CCOC(=O)C1=C(C)C=c2oc(=Cc3ccc(-c4ccc(C=O)cc4)o3)c(O)c2C1c1c(OC)ccc2ccccc12. The number of hydrogen-bond donors (Lipinski definition) is 1. The molecule has 0 spiro atoms. The van der Waals surface area contributed by atoms with Gasteiger partial charge >= 0.3 is 5.97 Å². The topological polar surface area (TPSA) is 99.1 Å². The van der Waals surface area contributed by atoms with Crippen molar-refractivity contribution < 1.29 is 33.0 Å². The van der Waals surface area contributed by atoms with Crippen LogP contribution < -0.4 is 15.6 Å². The second-order valence-corrected chi connectivity index (χ2v) is 9.98. The summed E-state index contributed by atoms with van der Waals surface area (Å²) in [5.74, 6) is 0.327. The minimum absolute atomic E-state index is 0.108. The molecular formula is C35H28O7. The van der Waals surface area contributed by atoms with Crippen molar-refractivity contribution in [3.8, 4) is 22.8 Å². The molecule has 0 bridgehead atoms. The molecule has 0 radical (unpaired) electrons. The predicted molar refractivity (Wildman–Crippen MR) is 159 cm³/mol. The molecule has 2 heterocycles. The van der Waals surface area contributed by atoms with Crippen LogP contribution in [0.3, 0.4) is 0 Å². The van der Waals surface area contributed by atoms with Gasteiger partial charge in [-0.15, -0.1) is 0 Å². The van der Waals surface area contributed by atoms with Crippen LogP contribution in [0.2, 0.25) is 0 Å². The minimum Gasteiger partial charge on any atom is -0.504 e. The monoisotopic (exact) mass is 560 g/mol. The molecule has 1 aliphatic rings. The highest BCUT2D eigenvalue weighted by Gasteiger charge is 2.37. The Labute approximate surface area is 241 Å². The number of methoxy groups -OCH3 is 1. The fraction of sp³-hybridized carbons (Fsp3) is 0.143. The molecule has 42 heavy (non-hydrogen) atoms. The Balaban J connectivity index is 1.54. The number of fused-ring (bicyclic) bond motifs is 2. The van der Waals surface area contributed by atoms with Gasteiger partial charge in [-0.05, 0) is 54.5 Å². The van der Waals surface area contributed by atoms with Crippen LogP contribution in [0.15, 0.2) is 92.8 Å². The van der Waals surface area contributed by atoms with E-state index >= 15 is 0 Å². The number of aromatic hydroxyl groups is 1. The van der Waals surface area contributed by atoms with Crippen LogP contribution in [0.25, 0.3) is 34.2 Å². The van der Waals surface area contributed by atoms with Gasteiger partial charge in [0.25, 0.3) is 0 Å². The number of benzene rings is 3. The maximum atomic E-state index is 13.4. The number of hydrogen-bond acceptors (Lipinski definition) is 7. The van der Waals surface area contributed by atoms with Crippen molar-refractivity contribution >= 4 is 35.2 Å². The highest BCUT2D eigenvalue weighted by atomic mass is 16.5. The highest BCUT2D eigenvalue weighted by Crippen LogP contribution is 2.45. The highest BCUT2D eigenvalue weighted by molar-refractivity contribution is 5.98. The first-order chi connectivity index (χ1) is 20.4. The Morgan fingerprint density at radius 2 is 1.76 bits per heavy atom. The molecule has 1 unspecified atom stereocenters. The third-order valence-electron chi connectivity index (χ3n) is 7.49. The molecular weight excluding hydrogens is 532 g/mol. The number of ether oxygens (including phenoxy) is 2. The molecule has 0 aliphatic heterocycles. The van der Waals surface area contributed by atoms with Crippen molar-refractivity contribution in [3.63, 3.8) is 0 Å². The second-order valence-electron chi connectivity index (χ2n) is 9.98. The van der Waals surface area contributed by atoms with Crippen molar-refractivity contribution in [2.45, 2.75) is 19.8 Å². The molecule has 1 atom stereocenters. The molecule has 0 fully saturated rings. The van der Waals surface area contributed by atoms with E-state index in [4.69, 9.17) is 18.3 Å². The summed E-state index contributed by atoms with van der Waals surface area (Å²) in [4.78, 5) is 24.4. The molecule has 0 amide bonds. The van der Waals surface area contributed by atoms with Gasteiger partial charge in [-0.1, -0.05) is 54.6 Å². The molecule has 3 aromatic carbocycles. The van der Waals surface area contributed by atoms with E-state index in [9.17, 15) is 14.7 Å². The number of carbonyl (C=O) groups is 2. The van der Waals surface area contributed by atoms with Crippen molar-refractivity contribution in [2.24, 2.45) is 0 Å². The summed E-state index contributed by atoms with van der Waals surface area (Å²) in [6.07, 6.45) is 4.14. The van der Waals surface area contributed by atoms with Gasteiger partial charge in [-0.2, -0.15) is 0 Å². The third kappa shape index (κ3) is 4.59. The molecule has 2 aromatic heterocycles. The first-order valence-corrected chi connectivity index (χ1v) is 13.6. The lowest BCUT2D eigenvalue weighted by molar-refractivity contribution is -0.138. The fourth-order valence-electron chi connectivity index (χ4n) is 5.57. The number of carbonyl (C=O) groups excluding carboxylic acids is 2. The van der Waals surface area contributed by atoms with E-state index in [0.29, 0.717) is 45.0 Å². The summed E-state index contributed by atoms with van der Waals surface area (Å²) < 4.78 is 23.5. The number of esters is 1. The smallest absolute Gasteiger partial charge is 0.335 e. The van der Waals surface area contributed by atoms with E-state index in [2.05, 4.69) is 0 Å². The normalized spacial score (nSPS) is 14.9. The molecule has 6 rings (SSSR count). The molecule has 0 saturated carbocycles. The molecule has 210 valence electrons. The van der Waals surface area contributed by atoms with Gasteiger partial charge in [0.15, 0.2) is 11.2 Å². The van der Waals surface area contributed by atoms with E-state index < -0.39 is 11.9 Å². The molecule has 1 N–H and O–H groups in total. The lowest BCUT2D eigenvalue weighted by Crippen LogP contribution is -2.25. The van der Waals surface area contributed by atoms with Gasteiger partial charge in [0.2, 0.25) is 0 Å². The van der Waals surface area contributed by atoms with Gasteiger partial charge in [-0.3, -0.25) is 4.79 Å². The van der Waals surface area contributed by atoms with Crippen LogP contribution in [0.4, 0.5) is 0 Å². The summed E-state index contributed by atoms with van der Waals surface area (Å²) in [7, 11) is 1.58. The first-order valence-electron chi connectivity index (χ1n) is 13.6. The molecule has 0 saturated heterocycles. The Bertz CT molecular complexity index is 1990. The predicted octanol–water partition coefficient (Wildman–Crippen LogP) is 5.85. The van der Waals surface area contributed by atoms with E-state index in [-0.39, 0.29) is 17.8 Å². The van der Waals surface area contributed by atoms with Gasteiger partial charge in [0, 0.05) is 22.8 Å². The Morgan fingerprint density at radius 3 is 2.50 bits per heavy atom. The maximum Gasteiger partial charge on any atom is 0.335 e. The van der Waals surface area contributed by atoms with Gasteiger partial charge < -0.3 is 23.4 Å². The number of furan rings is 2. The zero-order chi connectivity index (χ0) is 29.4. The number of aldehydes is 1. The standard InChI is InChI=1S/C35H28O7/c1-4-40-35(38)30-20(2)17-28-32(33(30)31-25-8-6-5-7-22(25)13-15-27(31)39-3)34(37)29(42-28)18-24-14-16-26(41-24)23-11-9-21(19-36)10-12-23/h5-19,33,37H,4H2,1-3H3. The van der Waals surface area contributed by atoms with Gasteiger partial charge in [0.1, 0.15) is 29.0 Å². The van der Waals surface area contributed by atoms with E-state index in [1.165, 1.54) is 0 Å².